The molecule has 0 aliphatic rings. The zero-order chi connectivity index (χ0) is 13.0. The van der Waals surface area contributed by atoms with Gasteiger partial charge in [0.25, 0.3) is 5.69 Å². The van der Waals surface area contributed by atoms with Crippen LogP contribution in [0.5, 0.6) is 0 Å². The van der Waals surface area contributed by atoms with Gasteiger partial charge >= 0.3 is 5.97 Å². The lowest BCUT2D eigenvalue weighted by molar-refractivity contribution is -0.384. The highest BCUT2D eigenvalue weighted by Crippen LogP contribution is 2.26. The molecule has 17 heavy (non-hydrogen) atoms. The molecule has 1 atom stereocenters. The van der Waals surface area contributed by atoms with Crippen LogP contribution in [0.15, 0.2) is 18.2 Å². The van der Waals surface area contributed by atoms with E-state index in [0.717, 1.165) is 5.56 Å². The summed E-state index contributed by atoms with van der Waals surface area (Å²) in [5.41, 5.74) is 1.09. The topological polar surface area (TPSA) is 92.5 Å². The van der Waals surface area contributed by atoms with E-state index in [4.69, 9.17) is 5.11 Å². The molecule has 2 N–H and O–H groups in total. The zero-order valence-electron chi connectivity index (χ0n) is 9.64. The van der Waals surface area contributed by atoms with Crippen molar-refractivity contribution in [1.29, 1.82) is 0 Å². The van der Waals surface area contributed by atoms with Crippen LogP contribution in [0.25, 0.3) is 0 Å². The molecule has 0 radical (unpaired) electrons. The Morgan fingerprint density at radius 3 is 2.76 bits per heavy atom. The summed E-state index contributed by atoms with van der Waals surface area (Å²) in [6, 6.07) is 4.42. The van der Waals surface area contributed by atoms with Gasteiger partial charge < -0.3 is 10.4 Å². The fourth-order valence-corrected chi connectivity index (χ4v) is 1.49. The van der Waals surface area contributed by atoms with Crippen molar-refractivity contribution < 1.29 is 14.8 Å². The number of nitro groups is 1. The van der Waals surface area contributed by atoms with Gasteiger partial charge in [0.1, 0.15) is 5.69 Å². The second-order valence-electron chi connectivity index (χ2n) is 3.92. The summed E-state index contributed by atoms with van der Waals surface area (Å²) < 4.78 is 0. The summed E-state index contributed by atoms with van der Waals surface area (Å²) >= 11 is 0. The number of carboxylic acids is 1. The summed E-state index contributed by atoms with van der Waals surface area (Å²) in [6.45, 7) is 3.43. The van der Waals surface area contributed by atoms with E-state index in [2.05, 4.69) is 5.32 Å². The minimum Gasteiger partial charge on any atom is -0.481 e. The van der Waals surface area contributed by atoms with Crippen molar-refractivity contribution in [1.82, 2.24) is 0 Å². The number of carboxylic acid groups (broad SMARTS) is 1. The minimum absolute atomic E-state index is 0.0396. The van der Waals surface area contributed by atoms with Crippen LogP contribution in [0.4, 0.5) is 11.4 Å². The molecule has 6 nitrogen and oxygen atoms in total. The number of hydrogen-bond donors (Lipinski definition) is 2. The molecule has 92 valence electrons. The third kappa shape index (κ3) is 3.75. The van der Waals surface area contributed by atoms with E-state index >= 15 is 0 Å². The predicted molar refractivity (Wildman–Crippen MR) is 63.2 cm³/mol. The summed E-state index contributed by atoms with van der Waals surface area (Å²) in [4.78, 5) is 20.8. The Labute approximate surface area is 98.4 Å². The van der Waals surface area contributed by atoms with E-state index in [1.165, 1.54) is 6.07 Å². The molecule has 0 aliphatic heterocycles. The number of aliphatic carboxylic acids is 1. The molecule has 0 amide bonds. The summed E-state index contributed by atoms with van der Waals surface area (Å²) in [5, 5.41) is 22.3. The van der Waals surface area contributed by atoms with Crippen molar-refractivity contribution in [3.05, 3.63) is 33.9 Å². The van der Waals surface area contributed by atoms with Crippen molar-refractivity contribution in [3.8, 4) is 0 Å². The molecule has 1 aromatic carbocycles. The minimum atomic E-state index is -0.945. The molecule has 0 aliphatic carbocycles. The van der Waals surface area contributed by atoms with Crippen LogP contribution in [0, 0.1) is 17.0 Å². The van der Waals surface area contributed by atoms with Gasteiger partial charge in [-0.3, -0.25) is 14.9 Å². The Morgan fingerprint density at radius 1 is 1.59 bits per heavy atom. The van der Waals surface area contributed by atoms with Crippen LogP contribution in [0.3, 0.4) is 0 Å². The van der Waals surface area contributed by atoms with E-state index in [0.29, 0.717) is 5.69 Å². The molecule has 0 spiro atoms. The molecule has 1 unspecified atom stereocenters. The number of nitro benzene ring substituents is 1. The molecular weight excluding hydrogens is 224 g/mol. The van der Waals surface area contributed by atoms with Gasteiger partial charge in [-0.2, -0.15) is 0 Å². The molecule has 0 heterocycles. The third-order valence-electron chi connectivity index (χ3n) is 2.23. The molecule has 0 fully saturated rings. The average molecular weight is 238 g/mol. The number of anilines is 1. The van der Waals surface area contributed by atoms with Crippen LogP contribution in [-0.4, -0.2) is 22.0 Å². The summed E-state index contributed by atoms with van der Waals surface area (Å²) in [5.74, 6) is -0.945. The first-order valence-electron chi connectivity index (χ1n) is 5.13. The number of rotatable bonds is 5. The molecule has 0 bridgehead atoms. The van der Waals surface area contributed by atoms with Crippen molar-refractivity contribution in [2.24, 2.45) is 0 Å². The fourth-order valence-electron chi connectivity index (χ4n) is 1.49. The standard InChI is InChI=1S/C11H14N2O4/c1-7-3-4-9(10(5-7)13(16)17)12-8(2)6-11(14)15/h3-5,8,12H,6H2,1-2H3,(H,14,15). The van der Waals surface area contributed by atoms with Gasteiger partial charge in [-0.25, -0.2) is 0 Å². The zero-order valence-corrected chi connectivity index (χ0v) is 9.64. The molecule has 0 saturated carbocycles. The third-order valence-corrected chi connectivity index (χ3v) is 2.23. The lowest BCUT2D eigenvalue weighted by Gasteiger charge is -2.13. The summed E-state index contributed by atoms with van der Waals surface area (Å²) in [6.07, 6.45) is -0.0922. The van der Waals surface area contributed by atoms with Gasteiger partial charge in [-0.1, -0.05) is 6.07 Å². The van der Waals surface area contributed by atoms with E-state index in [1.807, 2.05) is 0 Å². The lowest BCUT2D eigenvalue weighted by Crippen LogP contribution is -2.19. The smallest absolute Gasteiger partial charge is 0.305 e. The Balaban J connectivity index is 2.90. The fraction of sp³-hybridized carbons (Fsp3) is 0.364. The molecule has 1 rings (SSSR count). The van der Waals surface area contributed by atoms with Crippen molar-refractivity contribution in [2.45, 2.75) is 26.3 Å². The van der Waals surface area contributed by atoms with Crippen LogP contribution in [0.2, 0.25) is 0 Å². The van der Waals surface area contributed by atoms with Gasteiger partial charge in [0.15, 0.2) is 0 Å². The second-order valence-corrected chi connectivity index (χ2v) is 3.92. The molecule has 0 aromatic heterocycles. The van der Waals surface area contributed by atoms with Crippen molar-refractivity contribution >= 4 is 17.3 Å². The Hall–Kier alpha value is -2.11. The van der Waals surface area contributed by atoms with E-state index in [9.17, 15) is 14.9 Å². The van der Waals surface area contributed by atoms with Gasteiger partial charge in [-0.05, 0) is 25.5 Å². The Bertz CT molecular complexity index is 445. The predicted octanol–water partition coefficient (Wildman–Crippen LogP) is 2.18. The first kappa shape index (κ1) is 13.0. The number of aryl methyl sites for hydroxylation is 1. The maximum atomic E-state index is 10.8. The van der Waals surface area contributed by atoms with E-state index < -0.39 is 10.9 Å². The maximum Gasteiger partial charge on any atom is 0.305 e. The normalized spacial score (nSPS) is 11.9. The molecule has 0 saturated heterocycles. The monoisotopic (exact) mass is 238 g/mol. The van der Waals surface area contributed by atoms with Crippen LogP contribution < -0.4 is 5.32 Å². The largest absolute Gasteiger partial charge is 0.481 e. The number of nitrogens with one attached hydrogen (secondary N) is 1. The molecule has 6 heteroatoms. The molecular formula is C11H14N2O4. The van der Waals surface area contributed by atoms with Crippen LogP contribution >= 0.6 is 0 Å². The number of benzene rings is 1. The van der Waals surface area contributed by atoms with Crippen LogP contribution in [-0.2, 0) is 4.79 Å². The van der Waals surface area contributed by atoms with Gasteiger partial charge in [0.2, 0.25) is 0 Å². The van der Waals surface area contributed by atoms with Gasteiger partial charge in [-0.15, -0.1) is 0 Å². The van der Waals surface area contributed by atoms with Crippen molar-refractivity contribution in [3.63, 3.8) is 0 Å². The highest BCUT2D eigenvalue weighted by atomic mass is 16.6. The van der Waals surface area contributed by atoms with Gasteiger partial charge in [0, 0.05) is 12.1 Å². The number of carbonyl (C=O) groups is 1. The highest BCUT2D eigenvalue weighted by Gasteiger charge is 2.16. The van der Waals surface area contributed by atoms with Gasteiger partial charge in [0.05, 0.1) is 11.3 Å². The second kappa shape index (κ2) is 5.29. The first-order chi connectivity index (χ1) is 7.90. The highest BCUT2D eigenvalue weighted by molar-refractivity contribution is 5.69. The van der Waals surface area contributed by atoms with E-state index in [1.54, 1.807) is 26.0 Å². The number of nitrogens with zero attached hydrogens (tertiary/aromatic N) is 1. The quantitative estimate of drug-likeness (QED) is 0.605. The lowest BCUT2D eigenvalue weighted by atomic mass is 10.1. The summed E-state index contributed by atoms with van der Waals surface area (Å²) in [7, 11) is 0. The average Bonchev–Trinajstić information content (AvgIpc) is 2.19. The maximum absolute atomic E-state index is 10.8. The number of hydrogen-bond acceptors (Lipinski definition) is 4. The Kier molecular flexibility index (Phi) is 4.03. The van der Waals surface area contributed by atoms with Crippen molar-refractivity contribution in [2.75, 3.05) is 5.32 Å². The molecule has 1 aromatic rings. The first-order valence-corrected chi connectivity index (χ1v) is 5.13. The SMILES string of the molecule is Cc1ccc(NC(C)CC(=O)O)c([N+](=O)[O-])c1. The van der Waals surface area contributed by atoms with Crippen LogP contribution in [0.1, 0.15) is 18.9 Å². The van der Waals surface area contributed by atoms with E-state index in [-0.39, 0.29) is 18.2 Å². The Morgan fingerprint density at radius 2 is 2.24 bits per heavy atom.